The number of rotatable bonds is 7. The lowest BCUT2D eigenvalue weighted by atomic mass is 10.1. The molecule has 0 bridgehead atoms. The van der Waals surface area contributed by atoms with E-state index < -0.39 is 0 Å². The van der Waals surface area contributed by atoms with Crippen LogP contribution in [-0.4, -0.2) is 60.0 Å². The van der Waals surface area contributed by atoms with Crippen LogP contribution in [0.25, 0.3) is 0 Å². The monoisotopic (exact) mass is 330 g/mol. The maximum absolute atomic E-state index is 11.9. The van der Waals surface area contributed by atoms with Crippen molar-refractivity contribution in [3.63, 3.8) is 0 Å². The Kier molecular flexibility index (Phi) is 6.07. The Bertz CT molecular complexity index is 560. The Morgan fingerprint density at radius 1 is 1.21 bits per heavy atom. The number of unbranched alkanes of at least 4 members (excludes halogenated alkanes) is 2. The van der Waals surface area contributed by atoms with Crippen molar-refractivity contribution in [1.82, 2.24) is 14.8 Å². The average Bonchev–Trinajstić information content (AvgIpc) is 2.61. The van der Waals surface area contributed by atoms with Crippen molar-refractivity contribution < 1.29 is 4.79 Å². The number of aryl methyl sites for hydroxylation is 2. The van der Waals surface area contributed by atoms with Crippen molar-refractivity contribution in [3.8, 4) is 0 Å². The van der Waals surface area contributed by atoms with E-state index in [2.05, 4.69) is 29.3 Å². The summed E-state index contributed by atoms with van der Waals surface area (Å²) in [5, 5.41) is 3.41. The molecule has 5 nitrogen and oxygen atoms in total. The molecule has 0 unspecified atom stereocenters. The van der Waals surface area contributed by atoms with Gasteiger partial charge >= 0.3 is 0 Å². The Hall–Kier alpha value is -1.62. The van der Waals surface area contributed by atoms with Crippen LogP contribution in [0.15, 0.2) is 12.1 Å². The maximum Gasteiger partial charge on any atom is 0.236 e. The Morgan fingerprint density at radius 2 is 2.12 bits per heavy atom. The van der Waals surface area contributed by atoms with Gasteiger partial charge in [0.2, 0.25) is 5.91 Å². The molecule has 5 heteroatoms. The standard InChI is InChI=1S/C19H30N4O/c1-2-23-14-13-22(15-18(23)24)12-5-3-4-8-17-10-9-16-7-6-11-20-19(16)21-17/h9-10H,2-8,11-15H2,1H3,(H,20,21). The van der Waals surface area contributed by atoms with Gasteiger partial charge in [0.25, 0.3) is 0 Å². The SMILES string of the molecule is CCN1CCN(CCCCCc2ccc3c(n2)NCCC3)CC1=O. The van der Waals surface area contributed by atoms with Crippen LogP contribution in [0, 0.1) is 0 Å². The molecule has 24 heavy (non-hydrogen) atoms. The van der Waals surface area contributed by atoms with Crippen LogP contribution in [0.3, 0.4) is 0 Å². The van der Waals surface area contributed by atoms with Crippen molar-refractivity contribution in [3.05, 3.63) is 23.4 Å². The summed E-state index contributed by atoms with van der Waals surface area (Å²) in [5.74, 6) is 1.39. The number of aromatic nitrogens is 1. The number of pyridine rings is 1. The van der Waals surface area contributed by atoms with Gasteiger partial charge < -0.3 is 10.2 Å². The topological polar surface area (TPSA) is 48.5 Å². The predicted octanol–water partition coefficient (Wildman–Crippen LogP) is 2.32. The molecule has 0 radical (unpaired) electrons. The third-order valence-corrected chi connectivity index (χ3v) is 5.14. The van der Waals surface area contributed by atoms with Crippen LogP contribution in [0.1, 0.15) is 43.9 Å². The molecule has 3 rings (SSSR count). The normalized spacial score (nSPS) is 18.4. The minimum Gasteiger partial charge on any atom is -0.370 e. The van der Waals surface area contributed by atoms with Crippen LogP contribution in [-0.2, 0) is 17.6 Å². The summed E-state index contributed by atoms with van der Waals surface area (Å²) in [5.41, 5.74) is 2.57. The number of fused-ring (bicyclic) bond motifs is 1. The molecule has 132 valence electrons. The van der Waals surface area contributed by atoms with Crippen LogP contribution in [0.5, 0.6) is 0 Å². The van der Waals surface area contributed by atoms with Gasteiger partial charge in [0.1, 0.15) is 5.82 Å². The number of nitrogens with one attached hydrogen (secondary N) is 1. The molecule has 2 aliphatic heterocycles. The molecule has 0 aromatic carbocycles. The summed E-state index contributed by atoms with van der Waals surface area (Å²) >= 11 is 0. The first-order chi connectivity index (χ1) is 11.8. The summed E-state index contributed by atoms with van der Waals surface area (Å²) in [6, 6.07) is 4.43. The fraction of sp³-hybridized carbons (Fsp3) is 0.684. The molecule has 2 aliphatic rings. The van der Waals surface area contributed by atoms with Gasteiger partial charge in [-0.25, -0.2) is 4.98 Å². The smallest absolute Gasteiger partial charge is 0.236 e. The summed E-state index contributed by atoms with van der Waals surface area (Å²) in [6.45, 7) is 7.51. The lowest BCUT2D eigenvalue weighted by Crippen LogP contribution is -2.50. The molecule has 0 saturated carbocycles. The average molecular weight is 330 g/mol. The second-order valence-electron chi connectivity index (χ2n) is 6.90. The highest BCUT2D eigenvalue weighted by atomic mass is 16.2. The first kappa shape index (κ1) is 17.2. The summed E-state index contributed by atoms with van der Waals surface area (Å²) in [7, 11) is 0. The zero-order valence-corrected chi connectivity index (χ0v) is 14.9. The predicted molar refractivity (Wildman–Crippen MR) is 97.3 cm³/mol. The van der Waals surface area contributed by atoms with Crippen LogP contribution < -0.4 is 5.32 Å². The number of piperazine rings is 1. The van der Waals surface area contributed by atoms with Gasteiger partial charge in [-0.1, -0.05) is 12.5 Å². The lowest BCUT2D eigenvalue weighted by molar-refractivity contribution is -0.135. The second-order valence-corrected chi connectivity index (χ2v) is 6.90. The van der Waals surface area contributed by atoms with E-state index in [4.69, 9.17) is 4.98 Å². The number of anilines is 1. The van der Waals surface area contributed by atoms with E-state index in [1.165, 1.54) is 36.9 Å². The highest BCUT2D eigenvalue weighted by Gasteiger charge is 2.21. The first-order valence-corrected chi connectivity index (χ1v) is 9.49. The van der Waals surface area contributed by atoms with E-state index in [1.54, 1.807) is 0 Å². The molecule has 1 aromatic heterocycles. The second kappa shape index (κ2) is 8.47. The molecule has 1 amide bonds. The highest BCUT2D eigenvalue weighted by Crippen LogP contribution is 2.20. The molecule has 1 fully saturated rings. The van der Waals surface area contributed by atoms with Gasteiger partial charge in [-0.15, -0.1) is 0 Å². The largest absolute Gasteiger partial charge is 0.370 e. The zero-order valence-electron chi connectivity index (χ0n) is 14.9. The Balaban J connectivity index is 1.34. The Labute approximate surface area is 145 Å². The molecular weight excluding hydrogens is 300 g/mol. The molecule has 0 aliphatic carbocycles. The first-order valence-electron chi connectivity index (χ1n) is 9.49. The minimum atomic E-state index is 0.287. The van der Waals surface area contributed by atoms with Crippen molar-refractivity contribution in [1.29, 1.82) is 0 Å². The van der Waals surface area contributed by atoms with Crippen LogP contribution >= 0.6 is 0 Å². The number of hydrogen-bond donors (Lipinski definition) is 1. The third kappa shape index (κ3) is 4.47. The maximum atomic E-state index is 11.9. The van der Waals surface area contributed by atoms with Gasteiger partial charge in [0.05, 0.1) is 6.54 Å². The van der Waals surface area contributed by atoms with Gasteiger partial charge in [0.15, 0.2) is 0 Å². The number of nitrogens with zero attached hydrogens (tertiary/aromatic N) is 3. The van der Waals surface area contributed by atoms with E-state index in [1.807, 2.05) is 4.90 Å². The summed E-state index contributed by atoms with van der Waals surface area (Å²) < 4.78 is 0. The number of carbonyl (C=O) groups excluding carboxylic acids is 1. The molecule has 0 atom stereocenters. The number of amides is 1. The number of hydrogen-bond acceptors (Lipinski definition) is 4. The molecule has 1 aromatic rings. The molecule has 1 N–H and O–H groups in total. The quantitative estimate of drug-likeness (QED) is 0.780. The van der Waals surface area contributed by atoms with Crippen molar-refractivity contribution in [2.24, 2.45) is 0 Å². The number of carbonyl (C=O) groups is 1. The summed E-state index contributed by atoms with van der Waals surface area (Å²) in [4.78, 5) is 20.9. The minimum absolute atomic E-state index is 0.287. The highest BCUT2D eigenvalue weighted by molar-refractivity contribution is 5.78. The van der Waals surface area contributed by atoms with E-state index in [0.29, 0.717) is 6.54 Å². The van der Waals surface area contributed by atoms with E-state index in [-0.39, 0.29) is 5.91 Å². The molecular formula is C19H30N4O. The van der Waals surface area contributed by atoms with Crippen molar-refractivity contribution >= 4 is 11.7 Å². The van der Waals surface area contributed by atoms with Gasteiger partial charge in [-0.3, -0.25) is 9.69 Å². The van der Waals surface area contributed by atoms with Gasteiger partial charge in [-0.05, 0) is 57.2 Å². The number of likely N-dealkylation sites (N-methyl/N-ethyl adjacent to an activating group) is 1. The van der Waals surface area contributed by atoms with Crippen LogP contribution in [0.4, 0.5) is 5.82 Å². The van der Waals surface area contributed by atoms with Crippen molar-refractivity contribution in [2.45, 2.75) is 45.4 Å². The van der Waals surface area contributed by atoms with E-state index in [0.717, 1.165) is 51.4 Å². The molecule has 1 saturated heterocycles. The van der Waals surface area contributed by atoms with E-state index >= 15 is 0 Å². The van der Waals surface area contributed by atoms with Gasteiger partial charge in [0, 0.05) is 31.9 Å². The third-order valence-electron chi connectivity index (χ3n) is 5.14. The lowest BCUT2D eigenvalue weighted by Gasteiger charge is -2.33. The fourth-order valence-corrected chi connectivity index (χ4v) is 3.61. The summed E-state index contributed by atoms with van der Waals surface area (Å²) in [6.07, 6.45) is 6.96. The van der Waals surface area contributed by atoms with Gasteiger partial charge in [-0.2, -0.15) is 0 Å². The fourth-order valence-electron chi connectivity index (χ4n) is 3.61. The van der Waals surface area contributed by atoms with Crippen LogP contribution in [0.2, 0.25) is 0 Å². The molecule has 0 spiro atoms. The zero-order chi connectivity index (χ0) is 16.8. The molecule has 3 heterocycles. The Morgan fingerprint density at radius 3 is 2.96 bits per heavy atom. The van der Waals surface area contributed by atoms with Crippen molar-refractivity contribution in [2.75, 3.05) is 44.6 Å². The van der Waals surface area contributed by atoms with E-state index in [9.17, 15) is 4.79 Å².